The first-order chi connectivity index (χ1) is 16.6. The Bertz CT molecular complexity index is 1330. The van der Waals surface area contributed by atoms with Crippen molar-refractivity contribution in [2.45, 2.75) is 49.4 Å². The quantitative estimate of drug-likeness (QED) is 0.494. The topological polar surface area (TPSA) is 115 Å². The van der Waals surface area contributed by atoms with Gasteiger partial charge in [0.05, 0.1) is 35.1 Å². The van der Waals surface area contributed by atoms with Gasteiger partial charge >= 0.3 is 6.18 Å². The van der Waals surface area contributed by atoms with Crippen LogP contribution >= 0.6 is 0 Å². The van der Waals surface area contributed by atoms with E-state index in [-0.39, 0.29) is 28.1 Å². The van der Waals surface area contributed by atoms with E-state index in [1.165, 1.54) is 36.7 Å². The minimum absolute atomic E-state index is 0.0351. The molecule has 0 spiro atoms. The number of sulfone groups is 1. The Kier molecular flexibility index (Phi) is 6.84. The van der Waals surface area contributed by atoms with Gasteiger partial charge in [0.15, 0.2) is 15.5 Å². The maximum atomic E-state index is 12.9. The lowest BCUT2D eigenvalue weighted by Crippen LogP contribution is -2.29. The first-order valence-electron chi connectivity index (χ1n) is 10.9. The molecule has 2 aromatic heterocycles. The van der Waals surface area contributed by atoms with E-state index in [4.69, 9.17) is 0 Å². The molecule has 0 aliphatic heterocycles. The summed E-state index contributed by atoms with van der Waals surface area (Å²) in [6.45, 7) is 1.85. The highest BCUT2D eigenvalue weighted by atomic mass is 32.2. The third-order valence-corrected chi connectivity index (χ3v) is 7.68. The standard InChI is InChI=1S/C23H22F3N5O3S/c1-2-17(18-9-10-28-21(30-18)13-35(33,34)16-7-8-16)31-22(32)15-5-3-14(4-6-15)19-11-27-12-20(29-19)23(24,25)26/h3-6,9-12,16-17H,2,7-8,13H2,1H3,(H,31,32). The van der Waals surface area contributed by atoms with Crippen molar-refractivity contribution in [2.24, 2.45) is 0 Å². The summed E-state index contributed by atoms with van der Waals surface area (Å²) in [6, 6.07) is 7.08. The van der Waals surface area contributed by atoms with Crippen molar-refractivity contribution in [3.63, 3.8) is 0 Å². The zero-order valence-corrected chi connectivity index (χ0v) is 19.5. The number of carbonyl (C=O) groups excluding carboxylic acids is 1. The van der Waals surface area contributed by atoms with Gasteiger partial charge in [0.2, 0.25) is 0 Å². The summed E-state index contributed by atoms with van der Waals surface area (Å²) in [5.41, 5.74) is 0.0968. The number of carbonyl (C=O) groups is 1. The highest BCUT2D eigenvalue weighted by Gasteiger charge is 2.36. The van der Waals surface area contributed by atoms with Crippen LogP contribution in [-0.2, 0) is 21.8 Å². The molecule has 184 valence electrons. The number of alkyl halides is 3. The van der Waals surface area contributed by atoms with Gasteiger partial charge in [0.1, 0.15) is 11.6 Å². The second-order valence-electron chi connectivity index (χ2n) is 8.20. The molecule has 1 saturated carbocycles. The third-order valence-electron chi connectivity index (χ3n) is 5.53. The van der Waals surface area contributed by atoms with Crippen LogP contribution in [0.25, 0.3) is 11.3 Å². The molecule has 0 radical (unpaired) electrons. The maximum absolute atomic E-state index is 12.9. The SMILES string of the molecule is CCC(NC(=O)c1ccc(-c2cncc(C(F)(F)F)n2)cc1)c1ccnc(CS(=O)(=O)C2CC2)n1. The third kappa shape index (κ3) is 5.99. The number of amides is 1. The van der Waals surface area contributed by atoms with Gasteiger partial charge in [-0.3, -0.25) is 9.78 Å². The summed E-state index contributed by atoms with van der Waals surface area (Å²) in [6.07, 6.45) is 0.545. The second kappa shape index (κ2) is 9.68. The number of nitrogens with one attached hydrogen (secondary N) is 1. The zero-order valence-electron chi connectivity index (χ0n) is 18.7. The molecular weight excluding hydrogens is 483 g/mol. The highest BCUT2D eigenvalue weighted by molar-refractivity contribution is 7.91. The summed E-state index contributed by atoms with van der Waals surface area (Å²) in [5, 5.41) is 2.54. The molecule has 1 unspecified atom stereocenters. The molecule has 1 aliphatic rings. The summed E-state index contributed by atoms with van der Waals surface area (Å²) in [4.78, 5) is 28.4. The van der Waals surface area contributed by atoms with Crippen molar-refractivity contribution in [3.05, 3.63) is 71.7 Å². The molecule has 8 nitrogen and oxygen atoms in total. The van der Waals surface area contributed by atoms with Gasteiger partial charge in [0, 0.05) is 17.3 Å². The average Bonchev–Trinajstić information content (AvgIpc) is 3.68. The lowest BCUT2D eigenvalue weighted by Gasteiger charge is -2.17. The van der Waals surface area contributed by atoms with Gasteiger partial charge in [0.25, 0.3) is 5.91 Å². The molecule has 4 rings (SSSR count). The van der Waals surface area contributed by atoms with Crippen molar-refractivity contribution in [2.75, 3.05) is 0 Å². The number of hydrogen-bond acceptors (Lipinski definition) is 7. The molecule has 0 bridgehead atoms. The Morgan fingerprint density at radius 1 is 1.11 bits per heavy atom. The highest BCUT2D eigenvalue weighted by Crippen LogP contribution is 2.31. The Balaban J connectivity index is 1.47. The van der Waals surface area contributed by atoms with Crippen LogP contribution < -0.4 is 5.32 Å². The zero-order chi connectivity index (χ0) is 25.2. The lowest BCUT2D eigenvalue weighted by molar-refractivity contribution is -0.141. The molecule has 1 aliphatic carbocycles. The average molecular weight is 506 g/mol. The van der Waals surface area contributed by atoms with E-state index in [1.807, 2.05) is 6.92 Å². The predicted molar refractivity (Wildman–Crippen MR) is 121 cm³/mol. The van der Waals surface area contributed by atoms with E-state index in [0.29, 0.717) is 36.7 Å². The summed E-state index contributed by atoms with van der Waals surface area (Å²) in [7, 11) is -3.28. The van der Waals surface area contributed by atoms with Crippen LogP contribution in [0.2, 0.25) is 0 Å². The van der Waals surface area contributed by atoms with Crippen LogP contribution in [-0.4, -0.2) is 39.5 Å². The normalized spacial score (nSPS) is 15.0. The molecule has 1 fully saturated rings. The summed E-state index contributed by atoms with van der Waals surface area (Å²) < 4.78 is 63.2. The van der Waals surface area contributed by atoms with Crippen molar-refractivity contribution in [3.8, 4) is 11.3 Å². The largest absolute Gasteiger partial charge is 0.434 e. The van der Waals surface area contributed by atoms with Gasteiger partial charge < -0.3 is 5.32 Å². The van der Waals surface area contributed by atoms with Gasteiger partial charge in [-0.25, -0.2) is 23.4 Å². The minimum Gasteiger partial charge on any atom is -0.344 e. The first-order valence-corrected chi connectivity index (χ1v) is 12.6. The van der Waals surface area contributed by atoms with Crippen molar-refractivity contribution >= 4 is 15.7 Å². The van der Waals surface area contributed by atoms with Crippen molar-refractivity contribution in [1.82, 2.24) is 25.3 Å². The van der Waals surface area contributed by atoms with Crippen LogP contribution in [0.15, 0.2) is 48.9 Å². The van der Waals surface area contributed by atoms with E-state index >= 15 is 0 Å². The fraction of sp³-hybridized carbons (Fsp3) is 0.348. The Morgan fingerprint density at radius 2 is 1.83 bits per heavy atom. The lowest BCUT2D eigenvalue weighted by atomic mass is 10.1. The van der Waals surface area contributed by atoms with E-state index in [0.717, 1.165) is 0 Å². The van der Waals surface area contributed by atoms with Gasteiger partial charge in [-0.1, -0.05) is 19.1 Å². The summed E-state index contributed by atoms with van der Waals surface area (Å²) in [5.74, 6) is -0.464. The second-order valence-corrected chi connectivity index (χ2v) is 10.5. The van der Waals surface area contributed by atoms with E-state index in [1.54, 1.807) is 6.07 Å². The monoisotopic (exact) mass is 505 g/mol. The molecule has 1 amide bonds. The molecule has 2 heterocycles. The molecule has 12 heteroatoms. The number of aromatic nitrogens is 4. The van der Waals surface area contributed by atoms with Gasteiger partial charge in [-0.05, 0) is 37.5 Å². The van der Waals surface area contributed by atoms with Crippen LogP contribution in [0.1, 0.15) is 59.8 Å². The fourth-order valence-electron chi connectivity index (χ4n) is 3.46. The van der Waals surface area contributed by atoms with E-state index in [9.17, 15) is 26.4 Å². The van der Waals surface area contributed by atoms with Gasteiger partial charge in [-0.15, -0.1) is 0 Å². The Labute approximate surface area is 200 Å². The van der Waals surface area contributed by atoms with Crippen molar-refractivity contribution in [1.29, 1.82) is 0 Å². The van der Waals surface area contributed by atoms with Crippen LogP contribution in [0.4, 0.5) is 13.2 Å². The fourth-order valence-corrected chi connectivity index (χ4v) is 5.05. The minimum atomic E-state index is -4.61. The molecule has 0 saturated heterocycles. The molecule has 1 N–H and O–H groups in total. The molecule has 1 aromatic carbocycles. The molecule has 1 atom stereocenters. The number of hydrogen-bond donors (Lipinski definition) is 1. The molecule has 3 aromatic rings. The Morgan fingerprint density at radius 3 is 2.46 bits per heavy atom. The maximum Gasteiger partial charge on any atom is 0.434 e. The summed E-state index contributed by atoms with van der Waals surface area (Å²) >= 11 is 0. The predicted octanol–water partition coefficient (Wildman–Crippen LogP) is 3.91. The smallest absolute Gasteiger partial charge is 0.344 e. The molecular formula is C23H22F3N5O3S. The van der Waals surface area contributed by atoms with Crippen LogP contribution in [0, 0.1) is 0 Å². The first kappa shape index (κ1) is 24.7. The van der Waals surface area contributed by atoms with E-state index < -0.39 is 33.7 Å². The number of benzene rings is 1. The Hall–Kier alpha value is -3.41. The van der Waals surface area contributed by atoms with Crippen LogP contribution in [0.3, 0.4) is 0 Å². The number of nitrogens with zero attached hydrogens (tertiary/aromatic N) is 4. The van der Waals surface area contributed by atoms with Crippen molar-refractivity contribution < 1.29 is 26.4 Å². The molecule has 35 heavy (non-hydrogen) atoms. The van der Waals surface area contributed by atoms with Gasteiger partial charge in [-0.2, -0.15) is 13.2 Å². The number of halogens is 3. The van der Waals surface area contributed by atoms with E-state index in [2.05, 4.69) is 25.3 Å². The number of rotatable bonds is 8. The van der Waals surface area contributed by atoms with Crippen LogP contribution in [0.5, 0.6) is 0 Å².